The minimum absolute atomic E-state index is 0.117. The lowest BCUT2D eigenvalue weighted by Gasteiger charge is -2.13. The van der Waals surface area contributed by atoms with Crippen LogP contribution in [0, 0.1) is 0 Å². The first-order valence-electron chi connectivity index (χ1n) is 10.4. The average molecular weight is 432 g/mol. The fourth-order valence-corrected chi connectivity index (χ4v) is 4.30. The highest BCUT2D eigenvalue weighted by molar-refractivity contribution is 7.10. The van der Waals surface area contributed by atoms with Gasteiger partial charge in [0.05, 0.1) is 35.7 Å². The molecule has 0 aliphatic heterocycles. The highest BCUT2D eigenvalue weighted by Gasteiger charge is 2.20. The lowest BCUT2D eigenvalue weighted by Crippen LogP contribution is -2.27. The number of amides is 1. The maximum atomic E-state index is 13.1. The van der Waals surface area contributed by atoms with Crippen LogP contribution in [0.2, 0.25) is 0 Å². The summed E-state index contributed by atoms with van der Waals surface area (Å²) in [6.07, 6.45) is 6.95. The van der Waals surface area contributed by atoms with Gasteiger partial charge in [0.15, 0.2) is 0 Å². The summed E-state index contributed by atoms with van der Waals surface area (Å²) in [5.74, 6) is -0.117. The molecule has 0 spiro atoms. The van der Waals surface area contributed by atoms with E-state index in [4.69, 9.17) is 0 Å². The Kier molecular flexibility index (Phi) is 6.52. The van der Waals surface area contributed by atoms with Crippen molar-refractivity contribution < 1.29 is 4.79 Å². The van der Waals surface area contributed by atoms with Gasteiger partial charge in [0, 0.05) is 23.3 Å². The van der Waals surface area contributed by atoms with Crippen LogP contribution in [-0.4, -0.2) is 25.7 Å². The zero-order chi connectivity index (χ0) is 21.6. The number of aromatic nitrogens is 4. The van der Waals surface area contributed by atoms with Gasteiger partial charge in [0.2, 0.25) is 0 Å². The minimum atomic E-state index is -0.199. The van der Waals surface area contributed by atoms with Crippen LogP contribution in [0.5, 0.6) is 0 Å². The van der Waals surface area contributed by atoms with E-state index in [1.54, 1.807) is 18.6 Å². The van der Waals surface area contributed by atoms with Crippen LogP contribution < -0.4 is 5.32 Å². The van der Waals surface area contributed by atoms with Crippen molar-refractivity contribution in [3.63, 3.8) is 0 Å². The zero-order valence-corrected chi connectivity index (χ0v) is 18.5. The summed E-state index contributed by atoms with van der Waals surface area (Å²) in [5.41, 5.74) is 4.60. The number of carbonyl (C=O) groups excluding carboxylic acids is 1. The van der Waals surface area contributed by atoms with Crippen molar-refractivity contribution in [3.8, 4) is 11.3 Å². The summed E-state index contributed by atoms with van der Waals surface area (Å²) in [6, 6.07) is 13.8. The number of pyridine rings is 1. The number of hydrogen-bond donors (Lipinski definition) is 1. The summed E-state index contributed by atoms with van der Waals surface area (Å²) in [7, 11) is 0. The van der Waals surface area contributed by atoms with Gasteiger partial charge in [-0.2, -0.15) is 5.10 Å². The van der Waals surface area contributed by atoms with E-state index in [-0.39, 0.29) is 11.9 Å². The second-order valence-electron chi connectivity index (χ2n) is 7.41. The third-order valence-electron chi connectivity index (χ3n) is 5.05. The Labute approximate surface area is 186 Å². The minimum Gasteiger partial charge on any atom is -0.343 e. The normalized spacial score (nSPS) is 11.9. The van der Waals surface area contributed by atoms with Gasteiger partial charge in [-0.1, -0.05) is 43.7 Å². The van der Waals surface area contributed by atoms with Crippen LogP contribution in [0.4, 0.5) is 0 Å². The molecule has 1 aromatic carbocycles. The summed E-state index contributed by atoms with van der Waals surface area (Å²) < 4.78 is 1.93. The molecule has 7 heteroatoms. The highest BCUT2D eigenvalue weighted by Crippen LogP contribution is 2.25. The molecule has 0 bridgehead atoms. The molecule has 1 amide bonds. The van der Waals surface area contributed by atoms with Gasteiger partial charge < -0.3 is 5.32 Å². The Hall–Kier alpha value is -3.32. The first-order valence-corrected chi connectivity index (χ1v) is 11.3. The van der Waals surface area contributed by atoms with Gasteiger partial charge in [-0.05, 0) is 31.0 Å². The monoisotopic (exact) mass is 431 g/mol. The van der Waals surface area contributed by atoms with Crippen LogP contribution in [-0.2, 0) is 13.0 Å². The third-order valence-corrected chi connectivity index (χ3v) is 6.08. The standard InChI is InChI=1S/C24H25N5OS/c1-3-8-22-20(14-26-29(22)15-18-9-5-4-6-10-18)23(30)27-17(2)24-28-21(16-31-24)19-11-7-12-25-13-19/h4-7,9-14,16-17H,3,8,15H2,1-2H3,(H,27,30). The van der Waals surface area contributed by atoms with Gasteiger partial charge in [0.1, 0.15) is 5.01 Å². The molecule has 1 N–H and O–H groups in total. The molecular formula is C24H25N5OS. The first-order chi connectivity index (χ1) is 15.2. The van der Waals surface area contributed by atoms with Crippen molar-refractivity contribution in [1.82, 2.24) is 25.1 Å². The van der Waals surface area contributed by atoms with E-state index in [1.165, 1.54) is 11.3 Å². The molecule has 0 radical (unpaired) electrons. The second kappa shape index (κ2) is 9.66. The quantitative estimate of drug-likeness (QED) is 0.431. The van der Waals surface area contributed by atoms with E-state index in [1.807, 2.05) is 47.3 Å². The topological polar surface area (TPSA) is 72.7 Å². The van der Waals surface area contributed by atoms with Crippen LogP contribution >= 0.6 is 11.3 Å². The van der Waals surface area contributed by atoms with E-state index in [0.717, 1.165) is 40.4 Å². The summed E-state index contributed by atoms with van der Waals surface area (Å²) in [4.78, 5) is 21.9. The van der Waals surface area contributed by atoms with Crippen molar-refractivity contribution in [2.24, 2.45) is 0 Å². The number of nitrogens with zero attached hydrogens (tertiary/aromatic N) is 4. The molecule has 0 fully saturated rings. The molecule has 6 nitrogen and oxygen atoms in total. The number of rotatable bonds is 8. The van der Waals surface area contributed by atoms with Crippen molar-refractivity contribution in [2.45, 2.75) is 39.3 Å². The summed E-state index contributed by atoms with van der Waals surface area (Å²) in [5, 5.41) is 10.5. The fourth-order valence-electron chi connectivity index (χ4n) is 3.46. The summed E-state index contributed by atoms with van der Waals surface area (Å²) in [6.45, 7) is 4.72. The van der Waals surface area contributed by atoms with Crippen molar-refractivity contribution in [1.29, 1.82) is 0 Å². The van der Waals surface area contributed by atoms with Crippen molar-refractivity contribution >= 4 is 17.2 Å². The van der Waals surface area contributed by atoms with Gasteiger partial charge in [-0.15, -0.1) is 11.3 Å². The molecular weight excluding hydrogens is 406 g/mol. The lowest BCUT2D eigenvalue weighted by molar-refractivity contribution is 0.0938. The van der Waals surface area contributed by atoms with Crippen molar-refractivity contribution in [3.05, 3.63) is 88.3 Å². The molecule has 3 aromatic heterocycles. The zero-order valence-electron chi connectivity index (χ0n) is 17.7. The van der Waals surface area contributed by atoms with E-state index in [9.17, 15) is 4.79 Å². The largest absolute Gasteiger partial charge is 0.343 e. The Morgan fingerprint density at radius 3 is 2.74 bits per heavy atom. The Bertz CT molecular complexity index is 1140. The lowest BCUT2D eigenvalue weighted by atomic mass is 10.1. The van der Waals surface area contributed by atoms with Crippen LogP contribution in [0.15, 0.2) is 66.4 Å². The number of hydrogen-bond acceptors (Lipinski definition) is 5. The SMILES string of the molecule is CCCc1c(C(=O)NC(C)c2nc(-c3cccnc3)cs2)cnn1Cc1ccccc1. The molecule has 0 saturated carbocycles. The molecule has 0 aliphatic rings. The average Bonchev–Trinajstić information content (AvgIpc) is 3.44. The van der Waals surface area contributed by atoms with Crippen LogP contribution in [0.3, 0.4) is 0 Å². The maximum Gasteiger partial charge on any atom is 0.255 e. The molecule has 4 rings (SSSR count). The number of thiazole rings is 1. The van der Waals surface area contributed by atoms with Crippen LogP contribution in [0.25, 0.3) is 11.3 Å². The smallest absolute Gasteiger partial charge is 0.255 e. The fraction of sp³-hybridized carbons (Fsp3) is 0.250. The third kappa shape index (κ3) is 4.88. The molecule has 1 unspecified atom stereocenters. The van der Waals surface area contributed by atoms with Crippen molar-refractivity contribution in [2.75, 3.05) is 0 Å². The molecule has 4 aromatic rings. The number of benzene rings is 1. The van der Waals surface area contributed by atoms with E-state index < -0.39 is 0 Å². The Balaban J connectivity index is 1.50. The maximum absolute atomic E-state index is 13.1. The Morgan fingerprint density at radius 1 is 1.16 bits per heavy atom. The van der Waals surface area contributed by atoms with Crippen LogP contribution in [0.1, 0.15) is 52.9 Å². The molecule has 1 atom stereocenters. The molecule has 0 saturated heterocycles. The van der Waals surface area contributed by atoms with E-state index >= 15 is 0 Å². The Morgan fingerprint density at radius 2 is 2.00 bits per heavy atom. The molecule has 158 valence electrons. The number of carbonyl (C=O) groups is 1. The van der Waals surface area contributed by atoms with E-state index in [0.29, 0.717) is 12.1 Å². The number of nitrogens with one attached hydrogen (secondary N) is 1. The van der Waals surface area contributed by atoms with Gasteiger partial charge >= 0.3 is 0 Å². The van der Waals surface area contributed by atoms with Gasteiger partial charge in [-0.25, -0.2) is 4.98 Å². The molecule has 0 aliphatic carbocycles. The van der Waals surface area contributed by atoms with Gasteiger partial charge in [0.25, 0.3) is 5.91 Å². The predicted octanol–water partition coefficient (Wildman–Crippen LogP) is 4.89. The van der Waals surface area contributed by atoms with Gasteiger partial charge in [-0.3, -0.25) is 14.5 Å². The predicted molar refractivity (Wildman–Crippen MR) is 123 cm³/mol. The first kappa shape index (κ1) is 20.9. The molecule has 31 heavy (non-hydrogen) atoms. The molecule has 3 heterocycles. The second-order valence-corrected chi connectivity index (χ2v) is 8.30. The highest BCUT2D eigenvalue weighted by atomic mass is 32.1. The van der Waals surface area contributed by atoms with E-state index in [2.05, 4.69) is 39.4 Å². The summed E-state index contributed by atoms with van der Waals surface area (Å²) >= 11 is 1.54.